The van der Waals surface area contributed by atoms with Crippen LogP contribution in [-0.4, -0.2) is 41.0 Å². The quantitative estimate of drug-likeness (QED) is 0.596. The van der Waals surface area contributed by atoms with Gasteiger partial charge in [-0.15, -0.1) is 0 Å². The SMILES string of the molecule is CCOC(=O)CC(=O)C1CCN(C(=O)O)C(c2ccc(C(F)(F)F)c(C)c2)C1. The van der Waals surface area contributed by atoms with Crippen molar-refractivity contribution in [3.8, 4) is 0 Å². The number of rotatable bonds is 5. The molecule has 0 bridgehead atoms. The number of nitrogens with zero attached hydrogens (tertiary/aromatic N) is 1. The van der Waals surface area contributed by atoms with Crippen LogP contribution in [0.1, 0.15) is 48.9 Å². The second-order valence-corrected chi connectivity index (χ2v) is 6.73. The number of carboxylic acid groups (broad SMARTS) is 1. The molecule has 0 spiro atoms. The molecule has 1 aromatic carbocycles. The lowest BCUT2D eigenvalue weighted by molar-refractivity contribution is -0.146. The zero-order chi connectivity index (χ0) is 21.1. The summed E-state index contributed by atoms with van der Waals surface area (Å²) >= 11 is 0. The van der Waals surface area contributed by atoms with Crippen molar-refractivity contribution in [2.75, 3.05) is 13.2 Å². The van der Waals surface area contributed by atoms with E-state index in [1.54, 1.807) is 6.92 Å². The molecule has 1 amide bonds. The Morgan fingerprint density at radius 3 is 2.50 bits per heavy atom. The first kappa shape index (κ1) is 21.7. The van der Waals surface area contributed by atoms with Crippen LogP contribution in [0.25, 0.3) is 0 Å². The molecule has 0 saturated carbocycles. The lowest BCUT2D eigenvalue weighted by atomic mass is 9.83. The maximum atomic E-state index is 13.0. The van der Waals surface area contributed by atoms with E-state index in [1.165, 1.54) is 19.1 Å². The molecule has 2 rings (SSSR count). The number of carbonyl (C=O) groups is 3. The van der Waals surface area contributed by atoms with E-state index in [0.717, 1.165) is 11.0 Å². The van der Waals surface area contributed by atoms with Crippen LogP contribution in [0, 0.1) is 12.8 Å². The number of carbonyl (C=O) groups excluding carboxylic acids is 2. The minimum absolute atomic E-state index is 0.0182. The van der Waals surface area contributed by atoms with Crippen LogP contribution in [0.2, 0.25) is 0 Å². The fourth-order valence-corrected chi connectivity index (χ4v) is 3.51. The Balaban J connectivity index is 2.25. The van der Waals surface area contributed by atoms with E-state index in [9.17, 15) is 32.7 Å². The minimum atomic E-state index is -4.50. The molecule has 0 radical (unpaired) electrons. The third-order valence-corrected chi connectivity index (χ3v) is 4.87. The third kappa shape index (κ3) is 5.02. The summed E-state index contributed by atoms with van der Waals surface area (Å²) < 4.78 is 43.7. The second-order valence-electron chi connectivity index (χ2n) is 6.73. The molecule has 6 nitrogen and oxygen atoms in total. The first-order valence-electron chi connectivity index (χ1n) is 8.90. The van der Waals surface area contributed by atoms with Crippen molar-refractivity contribution >= 4 is 17.8 Å². The monoisotopic (exact) mass is 401 g/mol. The molecule has 0 aromatic heterocycles. The van der Waals surface area contributed by atoms with Crippen LogP contribution >= 0.6 is 0 Å². The molecule has 1 aromatic rings. The highest BCUT2D eigenvalue weighted by Crippen LogP contribution is 2.38. The number of ketones is 1. The molecule has 1 saturated heterocycles. The molecular formula is C19H22F3NO5. The maximum Gasteiger partial charge on any atom is 0.416 e. The van der Waals surface area contributed by atoms with Crippen LogP contribution in [0.4, 0.5) is 18.0 Å². The molecule has 9 heteroatoms. The summed E-state index contributed by atoms with van der Waals surface area (Å²) in [6, 6.07) is 2.72. The van der Waals surface area contributed by atoms with Crippen molar-refractivity contribution < 1.29 is 37.4 Å². The molecule has 28 heavy (non-hydrogen) atoms. The highest BCUT2D eigenvalue weighted by molar-refractivity contribution is 5.96. The zero-order valence-electron chi connectivity index (χ0n) is 15.6. The number of Topliss-reactive ketones (excluding diaryl/α,β-unsaturated/α-hetero) is 1. The summed E-state index contributed by atoms with van der Waals surface area (Å²) in [5.41, 5.74) is -0.416. The Morgan fingerprint density at radius 2 is 1.96 bits per heavy atom. The normalized spacial score (nSPS) is 20.0. The van der Waals surface area contributed by atoms with Gasteiger partial charge in [0.1, 0.15) is 12.2 Å². The van der Waals surface area contributed by atoms with Gasteiger partial charge >= 0.3 is 18.2 Å². The number of amides is 1. The lowest BCUT2D eigenvalue weighted by Crippen LogP contribution is -2.42. The van der Waals surface area contributed by atoms with E-state index < -0.39 is 42.2 Å². The van der Waals surface area contributed by atoms with E-state index in [1.807, 2.05) is 0 Å². The fraction of sp³-hybridized carbons (Fsp3) is 0.526. The predicted octanol–water partition coefficient (Wildman–Crippen LogP) is 3.97. The van der Waals surface area contributed by atoms with E-state index in [0.29, 0.717) is 5.56 Å². The highest BCUT2D eigenvalue weighted by atomic mass is 19.4. The lowest BCUT2D eigenvalue weighted by Gasteiger charge is -2.37. The van der Waals surface area contributed by atoms with Crippen LogP contribution in [0.3, 0.4) is 0 Å². The van der Waals surface area contributed by atoms with Gasteiger partial charge in [0.05, 0.1) is 18.2 Å². The van der Waals surface area contributed by atoms with E-state index in [-0.39, 0.29) is 37.3 Å². The summed E-state index contributed by atoms with van der Waals surface area (Å²) in [5, 5.41) is 9.45. The van der Waals surface area contributed by atoms with E-state index in [2.05, 4.69) is 0 Å². The van der Waals surface area contributed by atoms with Gasteiger partial charge in [0.15, 0.2) is 0 Å². The number of esters is 1. The van der Waals surface area contributed by atoms with Crippen molar-refractivity contribution in [3.63, 3.8) is 0 Å². The largest absolute Gasteiger partial charge is 0.466 e. The Bertz CT molecular complexity index is 762. The Kier molecular flexibility index (Phi) is 6.69. The number of hydrogen-bond acceptors (Lipinski definition) is 4. The number of hydrogen-bond donors (Lipinski definition) is 1. The fourth-order valence-electron chi connectivity index (χ4n) is 3.51. The van der Waals surface area contributed by atoms with Crippen molar-refractivity contribution in [3.05, 3.63) is 34.9 Å². The van der Waals surface area contributed by atoms with Crippen LogP contribution in [0.15, 0.2) is 18.2 Å². The molecule has 2 atom stereocenters. The minimum Gasteiger partial charge on any atom is -0.466 e. The molecule has 1 N–H and O–H groups in total. The summed E-state index contributed by atoms with van der Waals surface area (Å²) in [4.78, 5) is 36.6. The number of alkyl halides is 3. The number of ether oxygens (including phenoxy) is 1. The van der Waals surface area contributed by atoms with Crippen LogP contribution in [0.5, 0.6) is 0 Å². The van der Waals surface area contributed by atoms with Crippen molar-refractivity contribution in [2.45, 2.75) is 45.3 Å². The molecular weight excluding hydrogens is 379 g/mol. The molecule has 1 aliphatic heterocycles. The van der Waals surface area contributed by atoms with Gasteiger partial charge < -0.3 is 14.7 Å². The van der Waals surface area contributed by atoms with E-state index >= 15 is 0 Å². The number of benzene rings is 1. The maximum absolute atomic E-state index is 13.0. The Morgan fingerprint density at radius 1 is 1.29 bits per heavy atom. The van der Waals surface area contributed by atoms with Gasteiger partial charge in [-0.05, 0) is 43.9 Å². The van der Waals surface area contributed by atoms with Crippen molar-refractivity contribution in [1.29, 1.82) is 0 Å². The van der Waals surface area contributed by atoms with Gasteiger partial charge in [-0.2, -0.15) is 13.2 Å². The zero-order valence-corrected chi connectivity index (χ0v) is 15.6. The van der Waals surface area contributed by atoms with Gasteiger partial charge in [-0.3, -0.25) is 9.59 Å². The summed E-state index contributed by atoms with van der Waals surface area (Å²) in [6.07, 6.45) is -5.75. The summed E-state index contributed by atoms with van der Waals surface area (Å²) in [6.45, 7) is 3.14. The molecule has 1 fully saturated rings. The van der Waals surface area contributed by atoms with Crippen LogP contribution < -0.4 is 0 Å². The van der Waals surface area contributed by atoms with Gasteiger partial charge in [0.2, 0.25) is 0 Å². The average molecular weight is 401 g/mol. The Labute approximate surface area is 160 Å². The third-order valence-electron chi connectivity index (χ3n) is 4.87. The van der Waals surface area contributed by atoms with Gasteiger partial charge in [0, 0.05) is 12.5 Å². The molecule has 1 aliphatic rings. The van der Waals surface area contributed by atoms with Gasteiger partial charge in [-0.25, -0.2) is 4.79 Å². The molecule has 154 valence electrons. The summed E-state index contributed by atoms with van der Waals surface area (Å²) in [7, 11) is 0. The standard InChI is InChI=1S/C19H22F3NO5/c1-3-28-17(25)10-16(24)13-6-7-23(18(26)27)15(9-13)12-4-5-14(11(2)8-12)19(20,21)22/h4-5,8,13,15H,3,6-7,9-10H2,1-2H3,(H,26,27). The molecule has 1 heterocycles. The van der Waals surface area contributed by atoms with E-state index in [4.69, 9.17) is 4.74 Å². The van der Waals surface area contributed by atoms with Gasteiger partial charge in [-0.1, -0.05) is 12.1 Å². The summed E-state index contributed by atoms with van der Waals surface area (Å²) in [5.74, 6) is -1.56. The molecule has 2 unspecified atom stereocenters. The predicted molar refractivity (Wildman–Crippen MR) is 92.6 cm³/mol. The first-order valence-corrected chi connectivity index (χ1v) is 8.90. The number of piperidine rings is 1. The van der Waals surface area contributed by atoms with Crippen molar-refractivity contribution in [1.82, 2.24) is 4.90 Å². The van der Waals surface area contributed by atoms with Gasteiger partial charge in [0.25, 0.3) is 0 Å². The number of halogens is 3. The smallest absolute Gasteiger partial charge is 0.416 e. The number of likely N-dealkylation sites (tertiary alicyclic amines) is 1. The first-order chi connectivity index (χ1) is 13.0. The average Bonchev–Trinajstić information content (AvgIpc) is 2.60. The second kappa shape index (κ2) is 8.62. The molecule has 0 aliphatic carbocycles. The van der Waals surface area contributed by atoms with Crippen molar-refractivity contribution in [2.24, 2.45) is 5.92 Å². The Hall–Kier alpha value is -2.58. The highest BCUT2D eigenvalue weighted by Gasteiger charge is 2.37. The topological polar surface area (TPSA) is 83.9 Å². The number of aryl methyl sites for hydroxylation is 1. The van der Waals surface area contributed by atoms with Crippen LogP contribution in [-0.2, 0) is 20.5 Å².